The molecule has 0 aromatic carbocycles. The molecule has 1 aliphatic rings. The summed E-state index contributed by atoms with van der Waals surface area (Å²) in [6.45, 7) is 1.24. The van der Waals surface area contributed by atoms with Crippen LogP contribution in [0.1, 0.15) is 12.8 Å². The maximum atomic E-state index is 3.75. The third-order valence-corrected chi connectivity index (χ3v) is 2.89. The van der Waals surface area contributed by atoms with Gasteiger partial charge in [-0.15, -0.1) is 0 Å². The lowest BCUT2D eigenvalue weighted by molar-refractivity contribution is -0.602. The summed E-state index contributed by atoms with van der Waals surface area (Å²) < 4.78 is 0. The van der Waals surface area contributed by atoms with E-state index in [0.717, 1.165) is 5.92 Å². The minimum Gasteiger partial charge on any atom is -0.479 e. The van der Waals surface area contributed by atoms with Crippen LogP contribution in [0.3, 0.4) is 0 Å². The second-order valence-corrected chi connectivity index (χ2v) is 3.80. The average Bonchev–Trinajstić information content (AvgIpc) is 1.91. The molecule has 0 aliphatic carbocycles. The molecule has 1 saturated heterocycles. The lowest BCUT2D eigenvalue weighted by Crippen LogP contribution is -2.78. The third-order valence-electron chi connectivity index (χ3n) is 1.84. The van der Waals surface area contributed by atoms with Crippen molar-refractivity contribution in [1.29, 1.82) is 0 Å². The van der Waals surface area contributed by atoms with Gasteiger partial charge < -0.3 is 5.32 Å². The van der Waals surface area contributed by atoms with Crippen molar-refractivity contribution in [3.63, 3.8) is 0 Å². The molecule has 0 unspecified atom stereocenters. The van der Waals surface area contributed by atoms with Crippen molar-refractivity contribution in [3.8, 4) is 0 Å². The highest BCUT2D eigenvalue weighted by Crippen LogP contribution is 2.20. The Labute approximate surface area is 61.6 Å². The van der Waals surface area contributed by atoms with Crippen molar-refractivity contribution in [1.82, 2.24) is 0 Å². The van der Waals surface area contributed by atoms with Crippen molar-refractivity contribution in [2.45, 2.75) is 12.8 Å². The van der Waals surface area contributed by atoms with E-state index >= 15 is 0 Å². The van der Waals surface area contributed by atoms with E-state index in [1.54, 1.807) is 0 Å². The van der Waals surface area contributed by atoms with Gasteiger partial charge in [0.2, 0.25) is 0 Å². The van der Waals surface area contributed by atoms with Gasteiger partial charge in [-0.25, -0.2) is 0 Å². The number of quaternary nitrogens is 1. The predicted octanol–water partition coefficient (Wildman–Crippen LogP) is 0.485. The number of nitrogens with two attached hydrogens (primary N) is 1. The second kappa shape index (κ2) is 4.18. The molecule has 54 valence electrons. The average molecular weight is 145 g/mol. The van der Waals surface area contributed by atoms with Crippen molar-refractivity contribution >= 4 is 11.8 Å². The van der Waals surface area contributed by atoms with Crippen LogP contribution < -0.4 is 5.32 Å². The van der Waals surface area contributed by atoms with Crippen LogP contribution in [-0.2, 0) is 0 Å². The number of hydrogen-bond donors (Lipinski definition) is 1. The molecule has 0 radical (unpaired) electrons. The van der Waals surface area contributed by atoms with E-state index < -0.39 is 0 Å². The lowest BCUT2D eigenvalue weighted by atomic mass is 10.0. The maximum Gasteiger partial charge on any atom is 0.0544 e. The van der Waals surface area contributed by atoms with Crippen molar-refractivity contribution < 1.29 is 5.32 Å². The molecule has 0 saturated carbocycles. The first-order valence-corrected chi connectivity index (χ1v) is 4.77. The van der Waals surface area contributed by atoms with Crippen LogP contribution in [0.15, 0.2) is 0 Å². The van der Waals surface area contributed by atoms with Crippen LogP contribution in [0.25, 0.3) is 0 Å². The molecule has 0 amide bonds. The molecular weight excluding hydrogens is 130 g/mol. The van der Waals surface area contributed by atoms with E-state index in [1.165, 1.54) is 30.9 Å². The minimum atomic E-state index is 0.962. The third kappa shape index (κ3) is 2.59. The first kappa shape index (κ1) is 7.42. The Balaban J connectivity index is 2.08. The van der Waals surface area contributed by atoms with Crippen molar-refractivity contribution in [2.24, 2.45) is 5.92 Å². The molecule has 0 bridgehead atoms. The number of hydrogen-bond acceptors (Lipinski definition) is 1. The van der Waals surface area contributed by atoms with Gasteiger partial charge in [0.05, 0.1) is 6.54 Å². The standard InChI is InChI=1S/C7H15NS/c1-8-6-7-2-4-9-5-3-7/h7H,1-6,8H2. The van der Waals surface area contributed by atoms with Crippen LogP contribution >= 0.6 is 11.8 Å². The van der Waals surface area contributed by atoms with Gasteiger partial charge in [0.15, 0.2) is 0 Å². The summed E-state index contributed by atoms with van der Waals surface area (Å²) in [4.78, 5) is 0. The summed E-state index contributed by atoms with van der Waals surface area (Å²) in [6.07, 6.45) is 2.83. The van der Waals surface area contributed by atoms with E-state index in [1.807, 2.05) is 0 Å². The molecule has 0 atom stereocenters. The summed E-state index contributed by atoms with van der Waals surface area (Å²) in [5, 5.41) is 2.06. The van der Waals surface area contributed by atoms with Crippen LogP contribution in [-0.4, -0.2) is 18.1 Å². The topological polar surface area (TPSA) is 16.6 Å². The maximum absolute atomic E-state index is 3.75. The first-order valence-electron chi connectivity index (χ1n) is 3.62. The van der Waals surface area contributed by atoms with Crippen LogP contribution in [0.5, 0.6) is 0 Å². The number of rotatable bonds is 2. The largest absolute Gasteiger partial charge is 0.479 e. The summed E-state index contributed by atoms with van der Waals surface area (Å²) in [7, 11) is 3.75. The molecule has 1 nitrogen and oxygen atoms in total. The molecule has 1 fully saturated rings. The van der Waals surface area contributed by atoms with Crippen LogP contribution in [0.4, 0.5) is 0 Å². The minimum absolute atomic E-state index is 0.962. The van der Waals surface area contributed by atoms with Gasteiger partial charge in [0, 0.05) is 5.92 Å². The van der Waals surface area contributed by atoms with Gasteiger partial charge in [0.1, 0.15) is 0 Å². The predicted molar refractivity (Wildman–Crippen MR) is 42.2 cm³/mol. The Morgan fingerprint density at radius 2 is 2.11 bits per heavy atom. The Kier molecular flexibility index (Phi) is 3.44. The van der Waals surface area contributed by atoms with E-state index in [4.69, 9.17) is 0 Å². The molecular formula is C7H15NS. The zero-order chi connectivity index (χ0) is 6.53. The van der Waals surface area contributed by atoms with Gasteiger partial charge >= 0.3 is 0 Å². The highest BCUT2D eigenvalue weighted by atomic mass is 32.2. The first-order chi connectivity index (χ1) is 4.43. The van der Waals surface area contributed by atoms with Gasteiger partial charge in [-0.05, 0) is 24.3 Å². The molecule has 0 aromatic rings. The summed E-state index contributed by atoms with van der Waals surface area (Å²) in [6, 6.07) is 0. The Morgan fingerprint density at radius 1 is 1.44 bits per heavy atom. The summed E-state index contributed by atoms with van der Waals surface area (Å²) in [5.74, 6) is 3.71. The second-order valence-electron chi connectivity index (χ2n) is 2.58. The molecule has 1 rings (SSSR count). The Morgan fingerprint density at radius 3 is 2.67 bits per heavy atom. The zero-order valence-corrected chi connectivity index (χ0v) is 6.62. The summed E-state index contributed by atoms with van der Waals surface area (Å²) >= 11 is 2.09. The highest BCUT2D eigenvalue weighted by molar-refractivity contribution is 7.99. The van der Waals surface area contributed by atoms with Crippen LogP contribution in [0.2, 0.25) is 0 Å². The number of thioether (sulfide) groups is 1. The molecule has 9 heavy (non-hydrogen) atoms. The molecule has 0 spiro atoms. The van der Waals surface area contributed by atoms with Gasteiger partial charge in [0.25, 0.3) is 0 Å². The fourth-order valence-electron chi connectivity index (χ4n) is 1.22. The Hall–Kier alpha value is 0.310. The van der Waals surface area contributed by atoms with E-state index in [2.05, 4.69) is 24.1 Å². The SMILES string of the molecule is [CH2-][NH2+]CC1CCSCC1. The fourth-order valence-corrected chi connectivity index (χ4v) is 2.42. The van der Waals surface area contributed by atoms with Gasteiger partial charge in [-0.1, -0.05) is 0 Å². The van der Waals surface area contributed by atoms with E-state index in [9.17, 15) is 0 Å². The molecule has 2 heteroatoms. The molecule has 2 N–H and O–H groups in total. The van der Waals surface area contributed by atoms with E-state index in [-0.39, 0.29) is 0 Å². The van der Waals surface area contributed by atoms with Gasteiger partial charge in [-0.2, -0.15) is 18.8 Å². The molecule has 1 heterocycles. The van der Waals surface area contributed by atoms with Crippen molar-refractivity contribution in [3.05, 3.63) is 7.05 Å². The van der Waals surface area contributed by atoms with Crippen LogP contribution in [0, 0.1) is 13.0 Å². The zero-order valence-electron chi connectivity index (χ0n) is 5.81. The monoisotopic (exact) mass is 145 g/mol. The molecule has 1 aliphatic heterocycles. The molecule has 0 aromatic heterocycles. The lowest BCUT2D eigenvalue weighted by Gasteiger charge is -2.19. The Bertz CT molecular complexity index is 66.6. The summed E-state index contributed by atoms with van der Waals surface area (Å²) in [5.41, 5.74) is 0. The normalized spacial score (nSPS) is 22.3. The smallest absolute Gasteiger partial charge is 0.0544 e. The van der Waals surface area contributed by atoms with Crippen molar-refractivity contribution in [2.75, 3.05) is 18.1 Å². The van der Waals surface area contributed by atoms with Gasteiger partial charge in [-0.3, -0.25) is 0 Å². The van der Waals surface area contributed by atoms with E-state index in [0.29, 0.717) is 0 Å². The highest BCUT2D eigenvalue weighted by Gasteiger charge is 2.12. The quantitative estimate of drug-likeness (QED) is 0.559. The fraction of sp³-hybridized carbons (Fsp3) is 0.857.